The van der Waals surface area contributed by atoms with E-state index in [4.69, 9.17) is 9.47 Å². The van der Waals surface area contributed by atoms with Crippen LogP contribution in [-0.2, 0) is 0 Å². The van der Waals surface area contributed by atoms with Crippen LogP contribution in [0.4, 0.5) is 0 Å². The van der Waals surface area contributed by atoms with Crippen molar-refractivity contribution in [2.45, 2.75) is 24.9 Å². The number of hydrogen-bond donors (Lipinski definition) is 1. The van der Waals surface area contributed by atoms with Gasteiger partial charge in [-0.05, 0) is 30.9 Å². The van der Waals surface area contributed by atoms with Crippen molar-refractivity contribution in [2.75, 3.05) is 14.2 Å². The van der Waals surface area contributed by atoms with Crippen LogP contribution in [-0.4, -0.2) is 24.9 Å². The van der Waals surface area contributed by atoms with E-state index in [9.17, 15) is 5.11 Å². The lowest BCUT2D eigenvalue weighted by molar-refractivity contribution is 0.136. The van der Waals surface area contributed by atoms with Gasteiger partial charge in [-0.25, -0.2) is 0 Å². The van der Waals surface area contributed by atoms with Gasteiger partial charge in [-0.3, -0.25) is 0 Å². The van der Waals surface area contributed by atoms with Crippen molar-refractivity contribution < 1.29 is 14.6 Å². The zero-order valence-electron chi connectivity index (χ0n) is 11.5. The summed E-state index contributed by atoms with van der Waals surface area (Å²) in [6.45, 7) is 3.77. The molecule has 19 heavy (non-hydrogen) atoms. The zero-order chi connectivity index (χ0) is 13.9. The van der Waals surface area contributed by atoms with E-state index in [0.717, 1.165) is 24.0 Å². The van der Waals surface area contributed by atoms with Gasteiger partial charge < -0.3 is 14.6 Å². The Morgan fingerprint density at radius 1 is 1.32 bits per heavy atom. The number of para-hydroxylation sites is 1. The second-order valence-electron chi connectivity index (χ2n) is 4.68. The smallest absolute Gasteiger partial charge is 0.168 e. The molecule has 0 saturated carbocycles. The van der Waals surface area contributed by atoms with E-state index in [2.05, 4.69) is 12.7 Å². The van der Waals surface area contributed by atoms with Gasteiger partial charge in [-0.2, -0.15) is 0 Å². The topological polar surface area (TPSA) is 38.7 Å². The van der Waals surface area contributed by atoms with Crippen LogP contribution in [0, 0.1) is 0 Å². The van der Waals surface area contributed by atoms with Gasteiger partial charge in [0.15, 0.2) is 11.5 Å². The molecule has 1 aliphatic rings. The zero-order valence-corrected chi connectivity index (χ0v) is 11.5. The van der Waals surface area contributed by atoms with Gasteiger partial charge in [-0.1, -0.05) is 30.9 Å². The molecule has 1 unspecified atom stereocenters. The largest absolute Gasteiger partial charge is 0.493 e. The van der Waals surface area contributed by atoms with E-state index in [1.165, 1.54) is 0 Å². The summed E-state index contributed by atoms with van der Waals surface area (Å²) in [6.07, 6.45) is 6.26. The first-order valence-corrected chi connectivity index (χ1v) is 6.44. The maximum atomic E-state index is 10.7. The maximum Gasteiger partial charge on any atom is 0.168 e. The Bertz CT molecular complexity index is 505. The third kappa shape index (κ3) is 2.38. The number of hydrogen-bond acceptors (Lipinski definition) is 3. The van der Waals surface area contributed by atoms with Crippen LogP contribution in [0.25, 0.3) is 5.57 Å². The minimum absolute atomic E-state index is 0.651. The third-order valence-electron chi connectivity index (χ3n) is 3.61. The molecule has 1 N–H and O–H groups in total. The molecule has 1 atom stereocenters. The summed E-state index contributed by atoms with van der Waals surface area (Å²) in [5, 5.41) is 10.7. The standard InChI is InChI=1S/C16H20O3/c1-4-16(17)11-6-5-9-13(16)12-8-7-10-14(18-2)15(12)19-3/h4,7-10,17H,1,5-6,11H2,2-3H3. The number of methoxy groups -OCH3 is 2. The Hall–Kier alpha value is -1.74. The fraction of sp³-hybridized carbons (Fsp3) is 0.375. The molecule has 0 saturated heterocycles. The molecule has 0 bridgehead atoms. The average Bonchev–Trinajstić information content (AvgIpc) is 2.46. The van der Waals surface area contributed by atoms with Gasteiger partial charge in [0.2, 0.25) is 0 Å². The lowest BCUT2D eigenvalue weighted by Gasteiger charge is -2.32. The van der Waals surface area contributed by atoms with Crippen molar-refractivity contribution in [1.82, 2.24) is 0 Å². The van der Waals surface area contributed by atoms with E-state index < -0.39 is 5.60 Å². The highest BCUT2D eigenvalue weighted by molar-refractivity contribution is 5.80. The van der Waals surface area contributed by atoms with E-state index in [0.29, 0.717) is 17.9 Å². The Labute approximate surface area is 114 Å². The van der Waals surface area contributed by atoms with Crippen molar-refractivity contribution in [2.24, 2.45) is 0 Å². The fourth-order valence-electron chi connectivity index (χ4n) is 2.58. The average molecular weight is 260 g/mol. The lowest BCUT2D eigenvalue weighted by Crippen LogP contribution is -2.29. The minimum atomic E-state index is -0.988. The molecular formula is C16H20O3. The Morgan fingerprint density at radius 3 is 2.74 bits per heavy atom. The molecule has 3 nitrogen and oxygen atoms in total. The minimum Gasteiger partial charge on any atom is -0.493 e. The second-order valence-corrected chi connectivity index (χ2v) is 4.68. The predicted molar refractivity (Wildman–Crippen MR) is 76.5 cm³/mol. The Balaban J connectivity index is 2.57. The lowest BCUT2D eigenvalue weighted by atomic mass is 9.79. The van der Waals surface area contributed by atoms with Crippen LogP contribution in [0.15, 0.2) is 36.9 Å². The van der Waals surface area contributed by atoms with E-state index >= 15 is 0 Å². The van der Waals surface area contributed by atoms with Crippen molar-refractivity contribution in [3.05, 3.63) is 42.5 Å². The summed E-state index contributed by atoms with van der Waals surface area (Å²) in [5.41, 5.74) is 0.728. The second kappa shape index (κ2) is 5.49. The predicted octanol–water partition coefficient (Wildman–Crippen LogP) is 3.19. The summed E-state index contributed by atoms with van der Waals surface area (Å²) < 4.78 is 10.8. The first-order valence-electron chi connectivity index (χ1n) is 6.44. The summed E-state index contributed by atoms with van der Waals surface area (Å²) in [7, 11) is 3.22. The molecule has 0 fully saturated rings. The molecule has 0 heterocycles. The van der Waals surface area contributed by atoms with Gasteiger partial charge in [0, 0.05) is 5.56 Å². The van der Waals surface area contributed by atoms with Crippen molar-refractivity contribution in [1.29, 1.82) is 0 Å². The number of rotatable bonds is 4. The van der Waals surface area contributed by atoms with Gasteiger partial charge in [0.05, 0.1) is 14.2 Å². The first-order chi connectivity index (χ1) is 9.16. The molecular weight excluding hydrogens is 240 g/mol. The Morgan fingerprint density at radius 2 is 2.11 bits per heavy atom. The van der Waals surface area contributed by atoms with Crippen molar-refractivity contribution in [3.8, 4) is 11.5 Å². The van der Waals surface area contributed by atoms with Gasteiger partial charge >= 0.3 is 0 Å². The van der Waals surface area contributed by atoms with E-state index in [-0.39, 0.29) is 0 Å². The highest BCUT2D eigenvalue weighted by Gasteiger charge is 2.33. The molecule has 2 rings (SSSR count). The molecule has 102 valence electrons. The van der Waals surface area contributed by atoms with Crippen LogP contribution in [0.1, 0.15) is 24.8 Å². The number of benzene rings is 1. The van der Waals surface area contributed by atoms with E-state index in [1.54, 1.807) is 20.3 Å². The fourth-order valence-corrected chi connectivity index (χ4v) is 2.58. The third-order valence-corrected chi connectivity index (χ3v) is 3.61. The SMILES string of the molecule is C=CC1(O)CCCC=C1c1cccc(OC)c1OC. The van der Waals surface area contributed by atoms with Crippen molar-refractivity contribution in [3.63, 3.8) is 0 Å². The van der Waals surface area contributed by atoms with Crippen LogP contribution < -0.4 is 9.47 Å². The van der Waals surface area contributed by atoms with Crippen LogP contribution >= 0.6 is 0 Å². The molecule has 1 aliphatic carbocycles. The normalized spacial score (nSPS) is 22.6. The molecule has 0 radical (unpaired) electrons. The molecule has 0 amide bonds. The van der Waals surface area contributed by atoms with Crippen molar-refractivity contribution >= 4 is 5.57 Å². The van der Waals surface area contributed by atoms with Crippen LogP contribution in [0.2, 0.25) is 0 Å². The molecule has 0 aliphatic heterocycles. The van der Waals surface area contributed by atoms with Gasteiger partial charge in [0.25, 0.3) is 0 Å². The molecule has 3 heteroatoms. The maximum absolute atomic E-state index is 10.7. The monoisotopic (exact) mass is 260 g/mol. The number of ether oxygens (including phenoxy) is 2. The number of allylic oxidation sites excluding steroid dienone is 1. The van der Waals surface area contributed by atoms with Gasteiger partial charge in [-0.15, -0.1) is 0 Å². The highest BCUT2D eigenvalue weighted by atomic mass is 16.5. The summed E-state index contributed by atoms with van der Waals surface area (Å²) in [4.78, 5) is 0. The first kappa shape index (κ1) is 13.7. The summed E-state index contributed by atoms with van der Waals surface area (Å²) >= 11 is 0. The molecule has 0 spiro atoms. The quantitative estimate of drug-likeness (QED) is 0.845. The Kier molecular flexibility index (Phi) is 3.96. The molecule has 1 aromatic rings. The van der Waals surface area contributed by atoms with E-state index in [1.807, 2.05) is 18.2 Å². The van der Waals surface area contributed by atoms with Gasteiger partial charge in [0.1, 0.15) is 5.60 Å². The summed E-state index contributed by atoms with van der Waals surface area (Å²) in [5.74, 6) is 1.32. The van der Waals surface area contributed by atoms with Crippen LogP contribution in [0.5, 0.6) is 11.5 Å². The van der Waals surface area contributed by atoms with Crippen LogP contribution in [0.3, 0.4) is 0 Å². The number of aliphatic hydroxyl groups is 1. The highest BCUT2D eigenvalue weighted by Crippen LogP contribution is 2.43. The molecule has 0 aromatic heterocycles. The summed E-state index contributed by atoms with van der Waals surface area (Å²) in [6, 6.07) is 5.68. The molecule has 1 aromatic carbocycles.